The molecule has 0 aromatic carbocycles. The molecule has 116 valence electrons. The zero-order chi connectivity index (χ0) is 14.2. The number of hydrogen-bond acceptors (Lipinski definition) is 0. The Morgan fingerprint density at radius 2 is 0.842 bits per heavy atom. The van der Waals surface area contributed by atoms with Gasteiger partial charge in [-0.25, -0.2) is 0 Å². The van der Waals surface area contributed by atoms with Crippen LogP contribution < -0.4 is 0 Å². The molecule has 0 fully saturated rings. The summed E-state index contributed by atoms with van der Waals surface area (Å²) >= 11 is 0. The number of rotatable bonds is 15. The average Bonchev–Trinajstić information content (AvgIpc) is 2.41. The summed E-state index contributed by atoms with van der Waals surface area (Å²) in [5, 5.41) is 0. The topological polar surface area (TPSA) is 0 Å². The quantitative estimate of drug-likeness (QED) is 0.254. The van der Waals surface area contributed by atoms with Gasteiger partial charge in [-0.2, -0.15) is 0 Å². The van der Waals surface area contributed by atoms with Crippen LogP contribution in [0.25, 0.3) is 0 Å². The largest absolute Gasteiger partial charge is 0.0654 e. The lowest BCUT2D eigenvalue weighted by Crippen LogP contribution is -1.93. The molecule has 0 saturated carbocycles. The molecular weight excluding hydrogens is 244 g/mol. The van der Waals surface area contributed by atoms with E-state index in [9.17, 15) is 0 Å². The van der Waals surface area contributed by atoms with E-state index in [1.165, 1.54) is 107 Å². The maximum Gasteiger partial charge on any atom is 0.00672 e. The SMILES string of the molecule is CCCCCCCCCC([SiH3])CCCCCCCC. The first-order valence-corrected chi connectivity index (χ1v) is 10.5. The second-order valence-electron chi connectivity index (χ2n) is 6.57. The van der Waals surface area contributed by atoms with Crippen LogP contribution in [0.2, 0.25) is 5.54 Å². The molecule has 1 unspecified atom stereocenters. The zero-order valence-corrected chi connectivity index (χ0v) is 16.2. The van der Waals surface area contributed by atoms with E-state index in [0.29, 0.717) is 0 Å². The average molecular weight is 285 g/mol. The summed E-state index contributed by atoms with van der Waals surface area (Å²) in [6.45, 7) is 4.60. The van der Waals surface area contributed by atoms with Crippen molar-refractivity contribution in [3.8, 4) is 0 Å². The minimum absolute atomic E-state index is 1.11. The summed E-state index contributed by atoms with van der Waals surface area (Å²) in [4.78, 5) is 0. The molecule has 1 atom stereocenters. The maximum atomic E-state index is 2.30. The molecule has 0 heterocycles. The molecule has 0 aromatic rings. The van der Waals surface area contributed by atoms with Crippen molar-refractivity contribution in [3.05, 3.63) is 0 Å². The van der Waals surface area contributed by atoms with E-state index in [2.05, 4.69) is 13.8 Å². The predicted octanol–water partition coefficient (Wildman–Crippen LogP) is 6.03. The molecule has 0 saturated heterocycles. The molecule has 0 N–H and O–H groups in total. The highest BCUT2D eigenvalue weighted by Gasteiger charge is 2.02. The van der Waals surface area contributed by atoms with E-state index >= 15 is 0 Å². The van der Waals surface area contributed by atoms with Gasteiger partial charge in [0.25, 0.3) is 0 Å². The molecule has 0 spiro atoms. The Balaban J connectivity index is 3.10. The highest BCUT2D eigenvalue weighted by molar-refractivity contribution is 6.11. The first kappa shape index (κ1) is 19.2. The van der Waals surface area contributed by atoms with E-state index in [1.54, 1.807) is 0 Å². The Bertz CT molecular complexity index is 156. The van der Waals surface area contributed by atoms with Crippen molar-refractivity contribution in [1.82, 2.24) is 0 Å². The monoisotopic (exact) mass is 284 g/mol. The Morgan fingerprint density at radius 3 is 1.21 bits per heavy atom. The summed E-state index contributed by atoms with van der Waals surface area (Å²) in [6, 6.07) is 0. The van der Waals surface area contributed by atoms with Gasteiger partial charge in [-0.05, 0) is 0 Å². The third-order valence-electron chi connectivity index (χ3n) is 4.35. The molecule has 0 aromatic heterocycles. The lowest BCUT2D eigenvalue weighted by molar-refractivity contribution is 0.531. The standard InChI is InChI=1S/C18H40Si/c1-3-5-7-9-11-13-15-17-18(19)16-14-12-10-8-6-4-2/h18H,3-17H2,1-2,19H3. The molecule has 0 nitrogen and oxygen atoms in total. The Labute approximate surface area is 126 Å². The van der Waals surface area contributed by atoms with Crippen LogP contribution in [0.3, 0.4) is 0 Å². The normalized spacial score (nSPS) is 12.9. The molecule has 0 aliphatic rings. The summed E-state index contributed by atoms with van der Waals surface area (Å²) in [5.41, 5.74) is 1.11. The van der Waals surface area contributed by atoms with Crippen molar-refractivity contribution in [2.24, 2.45) is 0 Å². The molecule has 0 amide bonds. The highest BCUT2D eigenvalue weighted by atomic mass is 28.1. The lowest BCUT2D eigenvalue weighted by Gasteiger charge is -2.11. The molecule has 0 radical (unpaired) electrons. The van der Waals surface area contributed by atoms with Gasteiger partial charge in [0.1, 0.15) is 0 Å². The van der Waals surface area contributed by atoms with Crippen LogP contribution in [0.5, 0.6) is 0 Å². The highest BCUT2D eigenvalue weighted by Crippen LogP contribution is 2.20. The summed E-state index contributed by atoms with van der Waals surface area (Å²) in [5.74, 6) is 0. The molecule has 0 aliphatic heterocycles. The van der Waals surface area contributed by atoms with Crippen LogP contribution in [0, 0.1) is 0 Å². The molecule has 1 heteroatoms. The van der Waals surface area contributed by atoms with E-state index < -0.39 is 0 Å². The van der Waals surface area contributed by atoms with Gasteiger partial charge in [-0.1, -0.05) is 116 Å². The first-order chi connectivity index (χ1) is 9.31. The van der Waals surface area contributed by atoms with E-state index in [0.717, 1.165) is 5.54 Å². The van der Waals surface area contributed by atoms with Crippen molar-refractivity contribution >= 4 is 10.2 Å². The van der Waals surface area contributed by atoms with Gasteiger partial charge in [-0.15, -0.1) is 0 Å². The lowest BCUT2D eigenvalue weighted by atomic mass is 10.0. The summed E-state index contributed by atoms with van der Waals surface area (Å²) in [6.07, 6.45) is 22.1. The fourth-order valence-electron chi connectivity index (χ4n) is 2.87. The number of unbranched alkanes of at least 4 members (excludes halogenated alkanes) is 11. The molecule has 0 aliphatic carbocycles. The number of hydrogen-bond donors (Lipinski definition) is 0. The van der Waals surface area contributed by atoms with Gasteiger partial charge >= 0.3 is 0 Å². The predicted molar refractivity (Wildman–Crippen MR) is 94.3 cm³/mol. The fraction of sp³-hybridized carbons (Fsp3) is 1.00. The summed E-state index contributed by atoms with van der Waals surface area (Å²) < 4.78 is 0. The van der Waals surface area contributed by atoms with Crippen LogP contribution in [-0.2, 0) is 0 Å². The van der Waals surface area contributed by atoms with Gasteiger partial charge in [0.15, 0.2) is 0 Å². The van der Waals surface area contributed by atoms with Crippen LogP contribution in [0.15, 0.2) is 0 Å². The van der Waals surface area contributed by atoms with Gasteiger partial charge < -0.3 is 0 Å². The fourth-order valence-corrected chi connectivity index (χ4v) is 3.68. The maximum absolute atomic E-state index is 2.30. The Hall–Kier alpha value is 0.217. The molecular formula is C18H40Si. The van der Waals surface area contributed by atoms with Crippen LogP contribution >= 0.6 is 0 Å². The minimum Gasteiger partial charge on any atom is -0.0654 e. The van der Waals surface area contributed by atoms with Crippen molar-refractivity contribution < 1.29 is 0 Å². The zero-order valence-electron chi connectivity index (χ0n) is 14.2. The van der Waals surface area contributed by atoms with Gasteiger partial charge in [0.05, 0.1) is 0 Å². The second-order valence-corrected chi connectivity index (χ2v) is 8.20. The third kappa shape index (κ3) is 16.2. The van der Waals surface area contributed by atoms with Crippen molar-refractivity contribution in [3.63, 3.8) is 0 Å². The van der Waals surface area contributed by atoms with Crippen molar-refractivity contribution in [1.29, 1.82) is 0 Å². The van der Waals surface area contributed by atoms with E-state index in [4.69, 9.17) is 0 Å². The second kappa shape index (κ2) is 16.3. The molecule has 19 heavy (non-hydrogen) atoms. The van der Waals surface area contributed by atoms with Crippen LogP contribution in [0.4, 0.5) is 0 Å². The van der Waals surface area contributed by atoms with Gasteiger partial charge in [0.2, 0.25) is 0 Å². The third-order valence-corrected chi connectivity index (χ3v) is 5.51. The Morgan fingerprint density at radius 1 is 0.526 bits per heavy atom. The summed E-state index contributed by atoms with van der Waals surface area (Å²) in [7, 11) is 1.43. The van der Waals surface area contributed by atoms with E-state index in [-0.39, 0.29) is 0 Å². The molecule has 0 rings (SSSR count). The first-order valence-electron chi connectivity index (χ1n) is 9.31. The smallest absolute Gasteiger partial charge is 0.00672 e. The van der Waals surface area contributed by atoms with Gasteiger partial charge in [0, 0.05) is 10.2 Å². The van der Waals surface area contributed by atoms with Crippen LogP contribution in [-0.4, -0.2) is 10.2 Å². The minimum atomic E-state index is 1.11. The molecule has 0 bridgehead atoms. The Kier molecular flexibility index (Phi) is 16.5. The van der Waals surface area contributed by atoms with Gasteiger partial charge in [-0.3, -0.25) is 0 Å². The van der Waals surface area contributed by atoms with Crippen molar-refractivity contribution in [2.45, 2.75) is 116 Å². The van der Waals surface area contributed by atoms with Crippen molar-refractivity contribution in [2.75, 3.05) is 0 Å². The van der Waals surface area contributed by atoms with E-state index in [1.807, 2.05) is 0 Å². The van der Waals surface area contributed by atoms with Crippen LogP contribution in [0.1, 0.15) is 110 Å².